The van der Waals surface area contributed by atoms with Crippen molar-refractivity contribution in [3.8, 4) is 6.07 Å². The molecule has 0 atom stereocenters. The first kappa shape index (κ1) is 17.9. The largest absolute Gasteiger partial charge is 0.465 e. The average Bonchev–Trinajstić information content (AvgIpc) is 3.30. The van der Waals surface area contributed by atoms with Crippen molar-refractivity contribution in [1.82, 2.24) is 15.3 Å². The number of benzene rings is 1. The van der Waals surface area contributed by atoms with Gasteiger partial charge in [0.05, 0.1) is 17.6 Å². The molecular formula is C17H15FN7O2-. The lowest BCUT2D eigenvalue weighted by Gasteiger charge is -2.17. The molecule has 0 radical (unpaired) electrons. The minimum Gasteiger partial charge on any atom is -0.465 e. The number of nitriles is 1. The van der Waals surface area contributed by atoms with Crippen molar-refractivity contribution in [3.63, 3.8) is 0 Å². The molecule has 0 unspecified atom stereocenters. The van der Waals surface area contributed by atoms with Gasteiger partial charge in [0.2, 0.25) is 0 Å². The van der Waals surface area contributed by atoms with Crippen LogP contribution in [0.3, 0.4) is 0 Å². The minimum atomic E-state index is -1.40. The van der Waals surface area contributed by atoms with E-state index in [4.69, 9.17) is 10.4 Å². The highest BCUT2D eigenvalue weighted by Crippen LogP contribution is 2.23. The van der Waals surface area contributed by atoms with E-state index in [0.29, 0.717) is 11.5 Å². The Labute approximate surface area is 153 Å². The van der Waals surface area contributed by atoms with Gasteiger partial charge in [-0.25, -0.2) is 14.2 Å². The number of nitrogens with zero attached hydrogens (tertiary/aromatic N) is 3. The number of carboxylic acid groups (broad SMARTS) is 1. The third-order valence-corrected chi connectivity index (χ3v) is 3.65. The monoisotopic (exact) mass is 368 g/mol. The predicted molar refractivity (Wildman–Crippen MR) is 97.5 cm³/mol. The third-order valence-electron chi connectivity index (χ3n) is 3.65. The summed E-state index contributed by atoms with van der Waals surface area (Å²) in [4.78, 5) is 17.6. The second kappa shape index (κ2) is 7.57. The molecule has 9 nitrogen and oxygen atoms in total. The van der Waals surface area contributed by atoms with E-state index in [1.54, 1.807) is 0 Å². The Hall–Kier alpha value is -3.87. The van der Waals surface area contributed by atoms with Gasteiger partial charge in [-0.1, -0.05) is 11.9 Å². The predicted octanol–water partition coefficient (Wildman–Crippen LogP) is 2.68. The number of amides is 1. The molecule has 3 rings (SSSR count). The fraction of sp³-hybridized carbons (Fsp3) is 0.176. The van der Waals surface area contributed by atoms with Crippen LogP contribution in [-0.2, 0) is 0 Å². The zero-order valence-corrected chi connectivity index (χ0v) is 14.0. The van der Waals surface area contributed by atoms with Crippen LogP contribution >= 0.6 is 0 Å². The highest BCUT2D eigenvalue weighted by Gasteiger charge is 2.23. The smallest absolute Gasteiger partial charge is 0.409 e. The van der Waals surface area contributed by atoms with E-state index < -0.39 is 11.9 Å². The van der Waals surface area contributed by atoms with Crippen LogP contribution in [-0.4, -0.2) is 33.0 Å². The van der Waals surface area contributed by atoms with Crippen LogP contribution in [0.25, 0.3) is 11.1 Å². The van der Waals surface area contributed by atoms with Crippen LogP contribution in [0.4, 0.5) is 20.6 Å². The number of nitrogens with one attached hydrogen (secondary N) is 4. The topological polar surface area (TPSA) is 148 Å². The molecule has 1 saturated carbocycles. The molecule has 10 heteroatoms. The molecule has 5 N–H and O–H groups in total. The summed E-state index contributed by atoms with van der Waals surface area (Å²) in [6.45, 7) is 0. The summed E-state index contributed by atoms with van der Waals surface area (Å²) >= 11 is 0. The lowest BCUT2D eigenvalue weighted by molar-refractivity contribution is 0.209. The zero-order chi connectivity index (χ0) is 19.4. The van der Waals surface area contributed by atoms with E-state index in [2.05, 4.69) is 20.6 Å². The van der Waals surface area contributed by atoms with Gasteiger partial charge in [0.1, 0.15) is 17.6 Å². The Morgan fingerprint density at radius 2 is 2.22 bits per heavy atom. The van der Waals surface area contributed by atoms with Crippen LogP contribution in [0.5, 0.6) is 0 Å². The first-order valence-corrected chi connectivity index (χ1v) is 8.00. The van der Waals surface area contributed by atoms with E-state index in [9.17, 15) is 14.6 Å². The molecule has 1 amide bonds. The molecular weight excluding hydrogens is 353 g/mol. The third kappa shape index (κ3) is 4.82. The van der Waals surface area contributed by atoms with Gasteiger partial charge >= 0.3 is 6.09 Å². The first-order valence-electron chi connectivity index (χ1n) is 8.00. The van der Waals surface area contributed by atoms with Crippen molar-refractivity contribution in [2.75, 3.05) is 10.6 Å². The number of hydrogen-bond donors (Lipinski definition) is 5. The summed E-state index contributed by atoms with van der Waals surface area (Å²) in [6.07, 6.45) is 3.33. The molecule has 0 bridgehead atoms. The lowest BCUT2D eigenvalue weighted by atomic mass is 10.2. The number of hydrogen-bond acceptors (Lipinski definition) is 4. The normalized spacial score (nSPS) is 13.6. The maximum atomic E-state index is 13.6. The van der Waals surface area contributed by atoms with E-state index >= 15 is 0 Å². The summed E-state index contributed by atoms with van der Waals surface area (Å²) in [5.74, 6) is -0.631. The SMILES string of the molecule is N#Cc1cnc(/C(=C\C(=[N-])Nc2ccc(F)c(NC(=O)O)c2)NC2CC2)[nH]1. The van der Waals surface area contributed by atoms with Crippen LogP contribution in [0.15, 0.2) is 30.5 Å². The number of halogens is 1. The van der Waals surface area contributed by atoms with Crippen LogP contribution in [0.2, 0.25) is 0 Å². The van der Waals surface area contributed by atoms with Gasteiger partial charge in [0.15, 0.2) is 5.82 Å². The number of imidazole rings is 1. The van der Waals surface area contributed by atoms with Crippen molar-refractivity contribution >= 4 is 29.0 Å². The van der Waals surface area contributed by atoms with Gasteiger partial charge in [0, 0.05) is 6.04 Å². The average molecular weight is 368 g/mol. The van der Waals surface area contributed by atoms with E-state index in [1.807, 2.05) is 11.4 Å². The second-order valence-electron chi connectivity index (χ2n) is 5.87. The Balaban J connectivity index is 1.78. The molecule has 27 heavy (non-hydrogen) atoms. The van der Waals surface area contributed by atoms with E-state index in [1.165, 1.54) is 24.4 Å². The van der Waals surface area contributed by atoms with Crippen LogP contribution in [0, 0.1) is 17.1 Å². The zero-order valence-electron chi connectivity index (χ0n) is 14.0. The number of aromatic amines is 1. The maximum Gasteiger partial charge on any atom is 0.409 e. The van der Waals surface area contributed by atoms with Crippen molar-refractivity contribution < 1.29 is 14.3 Å². The highest BCUT2D eigenvalue weighted by molar-refractivity contribution is 6.09. The summed E-state index contributed by atoms with van der Waals surface area (Å²) in [5, 5.41) is 35.6. The molecule has 1 aliphatic carbocycles. The number of aromatic nitrogens is 2. The van der Waals surface area contributed by atoms with E-state index in [0.717, 1.165) is 18.9 Å². The number of carbonyl (C=O) groups is 1. The molecule has 2 aromatic rings. The standard InChI is InChI=1S/C17H15FN7O2/c18-12-4-3-10(5-13(12)25-17(26)27)23-15(20)6-14(22-9-1-2-9)16-21-8-11(7-19)24-16/h3-6,8-9,25H,1-2H2,(H4-,20,21,22,23,24,26,27)/q-1. The number of amidine groups is 1. The molecule has 1 heterocycles. The molecule has 0 saturated heterocycles. The van der Waals surface area contributed by atoms with Gasteiger partial charge in [-0.3, -0.25) is 5.32 Å². The van der Waals surface area contributed by atoms with Crippen LogP contribution < -0.4 is 16.0 Å². The molecule has 0 aliphatic heterocycles. The summed E-state index contributed by atoms with van der Waals surface area (Å²) < 4.78 is 13.6. The molecule has 0 spiro atoms. The van der Waals surface area contributed by atoms with Gasteiger partial charge in [0.25, 0.3) is 0 Å². The molecule has 1 fully saturated rings. The molecule has 1 aromatic carbocycles. The highest BCUT2D eigenvalue weighted by atomic mass is 19.1. The van der Waals surface area contributed by atoms with Crippen molar-refractivity contribution in [2.45, 2.75) is 18.9 Å². The number of anilines is 2. The summed E-state index contributed by atoms with van der Waals surface area (Å²) in [6, 6.07) is 5.83. The fourth-order valence-electron chi connectivity index (χ4n) is 2.28. The first-order chi connectivity index (χ1) is 12.9. The Morgan fingerprint density at radius 1 is 1.44 bits per heavy atom. The Kier molecular flexibility index (Phi) is 5.03. The Bertz CT molecular complexity index is 956. The lowest BCUT2D eigenvalue weighted by Crippen LogP contribution is -2.18. The molecule has 1 aliphatic rings. The fourth-order valence-corrected chi connectivity index (χ4v) is 2.28. The summed E-state index contributed by atoms with van der Waals surface area (Å²) in [5.41, 5.74) is 0.793. The Morgan fingerprint density at radius 3 is 2.85 bits per heavy atom. The quantitative estimate of drug-likeness (QED) is 0.391. The minimum absolute atomic E-state index is 0.245. The maximum absolute atomic E-state index is 13.6. The van der Waals surface area contributed by atoms with Crippen LogP contribution in [0.1, 0.15) is 24.4 Å². The van der Waals surface area contributed by atoms with E-state index in [-0.39, 0.29) is 28.9 Å². The van der Waals surface area contributed by atoms with Gasteiger partial charge < -0.3 is 26.1 Å². The van der Waals surface area contributed by atoms with Gasteiger partial charge in [-0.15, -0.1) is 0 Å². The molecule has 1 aromatic heterocycles. The second-order valence-corrected chi connectivity index (χ2v) is 5.87. The van der Waals surface area contributed by atoms with Crippen molar-refractivity contribution in [2.24, 2.45) is 0 Å². The van der Waals surface area contributed by atoms with Crippen molar-refractivity contribution in [1.29, 1.82) is 5.26 Å². The number of H-pyrrole nitrogens is 1. The van der Waals surface area contributed by atoms with Crippen molar-refractivity contribution in [3.05, 3.63) is 53.2 Å². The van der Waals surface area contributed by atoms with Gasteiger partial charge in [-0.2, -0.15) is 5.26 Å². The summed E-state index contributed by atoms with van der Waals surface area (Å²) in [7, 11) is 0. The van der Waals surface area contributed by atoms with Gasteiger partial charge in [-0.05, 0) is 36.7 Å². The molecule has 138 valence electrons. The number of rotatable bonds is 6.